The van der Waals surface area contributed by atoms with Crippen molar-refractivity contribution in [2.75, 3.05) is 5.73 Å². The number of anilines is 1. The van der Waals surface area contributed by atoms with Gasteiger partial charge in [0, 0.05) is 19.2 Å². The number of nitrogens with zero attached hydrogens (tertiary/aromatic N) is 3. The normalized spacial score (nSPS) is 11.6. The molecular weight excluding hydrogens is 192 g/mol. The summed E-state index contributed by atoms with van der Waals surface area (Å²) in [6.45, 7) is 1.90. The second kappa shape index (κ2) is 2.50. The zero-order valence-electron chi connectivity index (χ0n) is 8.48. The van der Waals surface area contributed by atoms with Crippen molar-refractivity contribution in [3.8, 4) is 0 Å². The topological polar surface area (TPSA) is 69.9 Å². The minimum absolute atomic E-state index is 0.460. The summed E-state index contributed by atoms with van der Waals surface area (Å²) in [5, 5.41) is 0. The van der Waals surface area contributed by atoms with E-state index in [2.05, 4.69) is 9.97 Å². The predicted octanol–water partition coefficient (Wildman–Crippen LogP) is 1.61. The highest BCUT2D eigenvalue weighted by molar-refractivity contribution is 5.87. The van der Waals surface area contributed by atoms with Gasteiger partial charge in [-0.25, -0.2) is 4.98 Å². The van der Waals surface area contributed by atoms with Crippen molar-refractivity contribution < 1.29 is 4.42 Å². The molecule has 0 aliphatic rings. The van der Waals surface area contributed by atoms with Gasteiger partial charge < -0.3 is 14.7 Å². The maximum atomic E-state index is 5.70. The molecule has 0 bridgehead atoms. The standard InChI is InChI=1S/C10H10N4O/c1-5-3-6-8(15-5)4-7-9(12-6)13-10(11)14(7)2/h3-4H,1-2H3,(H2,11,12,13). The maximum absolute atomic E-state index is 5.70. The summed E-state index contributed by atoms with van der Waals surface area (Å²) in [6.07, 6.45) is 0. The molecule has 0 amide bonds. The molecule has 0 unspecified atom stereocenters. The molecule has 3 aromatic rings. The van der Waals surface area contributed by atoms with Crippen LogP contribution >= 0.6 is 0 Å². The third kappa shape index (κ3) is 1.03. The Kier molecular flexibility index (Phi) is 1.38. The van der Waals surface area contributed by atoms with E-state index in [1.807, 2.05) is 26.1 Å². The average molecular weight is 202 g/mol. The van der Waals surface area contributed by atoms with Gasteiger partial charge in [-0.2, -0.15) is 4.98 Å². The highest BCUT2D eigenvalue weighted by atomic mass is 16.3. The molecule has 0 aliphatic heterocycles. The van der Waals surface area contributed by atoms with Gasteiger partial charge in [0.25, 0.3) is 0 Å². The number of imidazole rings is 1. The van der Waals surface area contributed by atoms with Gasteiger partial charge in [0.2, 0.25) is 5.95 Å². The molecule has 0 radical (unpaired) electrons. The third-order valence-electron chi connectivity index (χ3n) is 2.51. The van der Waals surface area contributed by atoms with Gasteiger partial charge in [0.15, 0.2) is 11.2 Å². The summed E-state index contributed by atoms with van der Waals surface area (Å²) in [5.74, 6) is 1.31. The monoisotopic (exact) mass is 202 g/mol. The van der Waals surface area contributed by atoms with Crippen LogP contribution in [0.3, 0.4) is 0 Å². The minimum Gasteiger partial charge on any atom is -0.460 e. The molecule has 0 spiro atoms. The van der Waals surface area contributed by atoms with Crippen molar-refractivity contribution in [2.24, 2.45) is 7.05 Å². The second-order valence-electron chi connectivity index (χ2n) is 3.60. The van der Waals surface area contributed by atoms with Crippen LogP contribution in [0.25, 0.3) is 22.3 Å². The Bertz CT molecular complexity index is 665. The van der Waals surface area contributed by atoms with E-state index in [0.29, 0.717) is 11.6 Å². The van der Waals surface area contributed by atoms with Crippen molar-refractivity contribution in [1.29, 1.82) is 0 Å². The first-order chi connectivity index (χ1) is 7.15. The molecule has 3 rings (SSSR count). The minimum atomic E-state index is 0.460. The summed E-state index contributed by atoms with van der Waals surface area (Å²) in [5.41, 5.74) is 8.82. The molecule has 3 heterocycles. The number of hydrogen-bond acceptors (Lipinski definition) is 4. The number of rotatable bonds is 0. The van der Waals surface area contributed by atoms with E-state index in [9.17, 15) is 0 Å². The van der Waals surface area contributed by atoms with E-state index in [-0.39, 0.29) is 0 Å². The van der Waals surface area contributed by atoms with Crippen molar-refractivity contribution in [1.82, 2.24) is 14.5 Å². The number of fused-ring (bicyclic) bond motifs is 2. The molecule has 5 nitrogen and oxygen atoms in total. The first-order valence-electron chi connectivity index (χ1n) is 4.64. The molecule has 0 saturated heterocycles. The molecule has 3 aromatic heterocycles. The fourth-order valence-electron chi connectivity index (χ4n) is 1.71. The second-order valence-corrected chi connectivity index (χ2v) is 3.60. The summed E-state index contributed by atoms with van der Waals surface area (Å²) < 4.78 is 7.29. The number of nitrogen functional groups attached to an aromatic ring is 1. The Morgan fingerprint density at radius 3 is 2.93 bits per heavy atom. The number of furan rings is 1. The van der Waals surface area contributed by atoms with Gasteiger partial charge in [-0.15, -0.1) is 0 Å². The summed E-state index contributed by atoms with van der Waals surface area (Å²) in [6, 6.07) is 3.80. The lowest BCUT2D eigenvalue weighted by Gasteiger charge is -1.94. The van der Waals surface area contributed by atoms with Crippen molar-refractivity contribution in [3.05, 3.63) is 17.9 Å². The van der Waals surface area contributed by atoms with Crippen molar-refractivity contribution in [2.45, 2.75) is 6.92 Å². The molecule has 2 N–H and O–H groups in total. The van der Waals surface area contributed by atoms with Crippen LogP contribution in [-0.4, -0.2) is 14.5 Å². The van der Waals surface area contributed by atoms with Gasteiger partial charge in [-0.05, 0) is 6.92 Å². The Morgan fingerprint density at radius 2 is 2.13 bits per heavy atom. The quantitative estimate of drug-likeness (QED) is 0.601. The highest BCUT2D eigenvalue weighted by Crippen LogP contribution is 2.22. The zero-order valence-corrected chi connectivity index (χ0v) is 8.48. The van der Waals surface area contributed by atoms with Gasteiger partial charge in [-0.1, -0.05) is 0 Å². The highest BCUT2D eigenvalue weighted by Gasteiger charge is 2.10. The lowest BCUT2D eigenvalue weighted by molar-refractivity contribution is 0.578. The summed E-state index contributed by atoms with van der Waals surface area (Å²) in [4.78, 5) is 8.53. The van der Waals surface area contributed by atoms with Crippen LogP contribution in [0.5, 0.6) is 0 Å². The zero-order chi connectivity index (χ0) is 10.6. The number of aromatic nitrogens is 3. The number of pyridine rings is 1. The fraction of sp³-hybridized carbons (Fsp3) is 0.200. The number of aryl methyl sites for hydroxylation is 2. The molecular formula is C10H10N4O. The molecule has 5 heteroatoms. The Labute approximate surface area is 85.5 Å². The van der Waals surface area contributed by atoms with Crippen LogP contribution in [0.4, 0.5) is 5.95 Å². The summed E-state index contributed by atoms with van der Waals surface area (Å²) in [7, 11) is 1.86. The van der Waals surface area contributed by atoms with Gasteiger partial charge >= 0.3 is 0 Å². The van der Waals surface area contributed by atoms with Gasteiger partial charge in [0.05, 0.1) is 5.52 Å². The van der Waals surface area contributed by atoms with Gasteiger partial charge in [-0.3, -0.25) is 0 Å². The first kappa shape index (κ1) is 8.28. The van der Waals surface area contributed by atoms with Crippen molar-refractivity contribution in [3.63, 3.8) is 0 Å². The molecule has 0 fully saturated rings. The maximum Gasteiger partial charge on any atom is 0.202 e. The van der Waals surface area contributed by atoms with E-state index in [0.717, 1.165) is 22.4 Å². The summed E-state index contributed by atoms with van der Waals surface area (Å²) >= 11 is 0. The third-order valence-corrected chi connectivity index (χ3v) is 2.51. The average Bonchev–Trinajstić information content (AvgIpc) is 2.65. The van der Waals surface area contributed by atoms with E-state index < -0.39 is 0 Å². The molecule has 0 saturated carbocycles. The molecule has 76 valence electrons. The van der Waals surface area contributed by atoms with Crippen LogP contribution in [0.1, 0.15) is 5.76 Å². The first-order valence-corrected chi connectivity index (χ1v) is 4.64. The van der Waals surface area contributed by atoms with Crippen LogP contribution in [0.15, 0.2) is 16.5 Å². The van der Waals surface area contributed by atoms with E-state index in [1.54, 1.807) is 4.57 Å². The molecule has 0 aliphatic carbocycles. The van der Waals surface area contributed by atoms with Crippen LogP contribution < -0.4 is 5.73 Å². The van der Waals surface area contributed by atoms with Crippen LogP contribution in [0.2, 0.25) is 0 Å². The molecule has 15 heavy (non-hydrogen) atoms. The number of nitrogens with two attached hydrogens (primary N) is 1. The Morgan fingerprint density at radius 1 is 1.33 bits per heavy atom. The lowest BCUT2D eigenvalue weighted by Crippen LogP contribution is -1.95. The van der Waals surface area contributed by atoms with E-state index in [1.165, 1.54) is 0 Å². The van der Waals surface area contributed by atoms with Crippen molar-refractivity contribution >= 4 is 28.2 Å². The van der Waals surface area contributed by atoms with E-state index in [4.69, 9.17) is 10.2 Å². The van der Waals surface area contributed by atoms with Gasteiger partial charge in [0.1, 0.15) is 11.3 Å². The van der Waals surface area contributed by atoms with Crippen LogP contribution in [0, 0.1) is 6.92 Å². The Balaban J connectivity index is 2.51. The fourth-order valence-corrected chi connectivity index (χ4v) is 1.71. The number of hydrogen-bond donors (Lipinski definition) is 1. The largest absolute Gasteiger partial charge is 0.460 e. The SMILES string of the molecule is Cc1cc2nc3nc(N)n(C)c3cc2o1. The predicted molar refractivity (Wildman–Crippen MR) is 57.4 cm³/mol. The molecule has 0 aromatic carbocycles. The Hall–Kier alpha value is -2.04. The smallest absolute Gasteiger partial charge is 0.202 e. The van der Waals surface area contributed by atoms with Crippen LogP contribution in [-0.2, 0) is 7.05 Å². The van der Waals surface area contributed by atoms with E-state index >= 15 is 0 Å². The molecule has 0 atom stereocenters. The lowest BCUT2D eigenvalue weighted by atomic mass is 10.3.